The zero-order chi connectivity index (χ0) is 18.8. The van der Waals surface area contributed by atoms with Crippen LogP contribution in [0.4, 0.5) is 17.6 Å². The largest absolute Gasteiger partial charge is 0.488 e. The van der Waals surface area contributed by atoms with Crippen LogP contribution in [-0.4, -0.2) is 38.2 Å². The first kappa shape index (κ1) is 17.4. The fourth-order valence-corrected chi connectivity index (χ4v) is 3.48. The Morgan fingerprint density at radius 2 is 1.93 bits per heavy atom. The third kappa shape index (κ3) is 3.49. The van der Waals surface area contributed by atoms with Crippen molar-refractivity contribution in [1.29, 1.82) is 0 Å². The van der Waals surface area contributed by atoms with Crippen LogP contribution in [0, 0.1) is 0 Å². The highest BCUT2D eigenvalue weighted by atomic mass is 16.4. The molecule has 0 saturated heterocycles. The SMILES string of the molecule is CC1Cc2c(B(O)O)cccc2N1c1ncnc(NCc2ccccc2)n1. The number of hydrogen-bond donors (Lipinski definition) is 3. The van der Waals surface area contributed by atoms with Gasteiger partial charge in [-0.25, -0.2) is 9.97 Å². The number of benzene rings is 2. The van der Waals surface area contributed by atoms with Crippen LogP contribution in [0.25, 0.3) is 0 Å². The lowest BCUT2D eigenvalue weighted by molar-refractivity contribution is 0.425. The molecular weight excluding hydrogens is 341 g/mol. The predicted molar refractivity (Wildman–Crippen MR) is 105 cm³/mol. The molecular formula is C19H20BN5O2. The minimum absolute atomic E-state index is 0.101. The molecule has 27 heavy (non-hydrogen) atoms. The quantitative estimate of drug-likeness (QED) is 0.589. The van der Waals surface area contributed by atoms with Crippen LogP contribution in [0.1, 0.15) is 18.1 Å². The molecule has 1 aliphatic heterocycles. The number of rotatable bonds is 5. The van der Waals surface area contributed by atoms with E-state index in [0.717, 1.165) is 16.8 Å². The first-order valence-electron chi connectivity index (χ1n) is 8.87. The summed E-state index contributed by atoms with van der Waals surface area (Å²) in [5.41, 5.74) is 3.48. The summed E-state index contributed by atoms with van der Waals surface area (Å²) in [7, 11) is -1.49. The van der Waals surface area contributed by atoms with E-state index in [0.29, 0.717) is 30.3 Å². The van der Waals surface area contributed by atoms with Crippen molar-refractivity contribution in [1.82, 2.24) is 15.0 Å². The highest BCUT2D eigenvalue weighted by Crippen LogP contribution is 2.35. The first-order valence-corrected chi connectivity index (χ1v) is 8.87. The maximum atomic E-state index is 9.64. The average Bonchev–Trinajstić information content (AvgIpc) is 3.03. The van der Waals surface area contributed by atoms with Gasteiger partial charge in [0.05, 0.1) is 0 Å². The lowest BCUT2D eigenvalue weighted by Crippen LogP contribution is -2.32. The molecule has 0 radical (unpaired) electrons. The van der Waals surface area contributed by atoms with Crippen LogP contribution in [0.5, 0.6) is 0 Å². The number of anilines is 3. The molecule has 4 rings (SSSR count). The fourth-order valence-electron chi connectivity index (χ4n) is 3.48. The third-order valence-electron chi connectivity index (χ3n) is 4.73. The molecule has 0 bridgehead atoms. The molecule has 3 N–H and O–H groups in total. The monoisotopic (exact) mass is 361 g/mol. The van der Waals surface area contributed by atoms with Crippen molar-refractivity contribution in [2.75, 3.05) is 10.2 Å². The van der Waals surface area contributed by atoms with Crippen molar-refractivity contribution < 1.29 is 10.0 Å². The van der Waals surface area contributed by atoms with Gasteiger partial charge in [-0.2, -0.15) is 4.98 Å². The van der Waals surface area contributed by atoms with Gasteiger partial charge in [0.2, 0.25) is 11.9 Å². The Kier molecular flexibility index (Phi) is 4.74. The van der Waals surface area contributed by atoms with Crippen molar-refractivity contribution in [3.05, 3.63) is 66.0 Å². The number of nitrogens with zero attached hydrogens (tertiary/aromatic N) is 4. The van der Waals surface area contributed by atoms with Gasteiger partial charge in [-0.1, -0.05) is 42.5 Å². The Balaban J connectivity index is 1.60. The standard InChI is InChI=1S/C19H20BN5O2/c1-13-10-15-16(20(26)27)8-5-9-17(15)25(13)19-23-12-22-18(24-19)21-11-14-6-3-2-4-7-14/h2-9,12-13,26-27H,10-11H2,1H3,(H,21,22,23,24). The van der Waals surface area contributed by atoms with Crippen LogP contribution in [0.3, 0.4) is 0 Å². The smallest absolute Gasteiger partial charge is 0.423 e. The summed E-state index contributed by atoms with van der Waals surface area (Å²) in [6.07, 6.45) is 2.19. The molecule has 0 fully saturated rings. The normalized spacial score (nSPS) is 15.5. The number of fused-ring (bicyclic) bond motifs is 1. The van der Waals surface area contributed by atoms with Crippen LogP contribution in [0.2, 0.25) is 0 Å². The van der Waals surface area contributed by atoms with E-state index < -0.39 is 7.12 Å². The van der Waals surface area contributed by atoms with Crippen LogP contribution in [-0.2, 0) is 13.0 Å². The van der Waals surface area contributed by atoms with E-state index in [4.69, 9.17) is 0 Å². The van der Waals surface area contributed by atoms with E-state index in [1.54, 1.807) is 6.07 Å². The second-order valence-corrected chi connectivity index (χ2v) is 6.59. The van der Waals surface area contributed by atoms with Gasteiger partial charge in [-0.3, -0.25) is 0 Å². The first-order chi connectivity index (χ1) is 13.1. The summed E-state index contributed by atoms with van der Waals surface area (Å²) < 4.78 is 0. The summed E-state index contributed by atoms with van der Waals surface area (Å²) in [6, 6.07) is 15.6. The van der Waals surface area contributed by atoms with Crippen LogP contribution < -0.4 is 15.7 Å². The molecule has 0 aliphatic carbocycles. The molecule has 1 atom stereocenters. The number of aromatic nitrogens is 3. The Hall–Kier alpha value is -2.97. The molecule has 0 amide bonds. The van der Waals surface area contributed by atoms with Crippen molar-refractivity contribution in [2.24, 2.45) is 0 Å². The molecule has 3 aromatic rings. The van der Waals surface area contributed by atoms with E-state index in [9.17, 15) is 10.0 Å². The Labute approximate surface area is 157 Å². The van der Waals surface area contributed by atoms with Gasteiger partial charge in [0.15, 0.2) is 0 Å². The lowest BCUT2D eigenvalue weighted by Gasteiger charge is -2.22. The van der Waals surface area contributed by atoms with Gasteiger partial charge in [-0.05, 0) is 36.0 Å². The zero-order valence-corrected chi connectivity index (χ0v) is 14.9. The molecule has 2 heterocycles. The molecule has 136 valence electrons. The van der Waals surface area contributed by atoms with Crippen molar-refractivity contribution in [2.45, 2.75) is 25.9 Å². The molecule has 8 heteroatoms. The Bertz CT molecular complexity index is 938. The van der Waals surface area contributed by atoms with Crippen LogP contribution >= 0.6 is 0 Å². The topological polar surface area (TPSA) is 94.4 Å². The maximum Gasteiger partial charge on any atom is 0.488 e. The lowest BCUT2D eigenvalue weighted by atomic mass is 9.76. The predicted octanol–water partition coefficient (Wildman–Crippen LogP) is 1.25. The second kappa shape index (κ2) is 7.34. The van der Waals surface area contributed by atoms with Crippen molar-refractivity contribution in [3.63, 3.8) is 0 Å². The minimum atomic E-state index is -1.49. The van der Waals surface area contributed by atoms with Crippen molar-refractivity contribution in [3.8, 4) is 0 Å². The van der Waals surface area contributed by atoms with Gasteiger partial charge in [0, 0.05) is 18.3 Å². The zero-order valence-electron chi connectivity index (χ0n) is 14.9. The van der Waals surface area contributed by atoms with E-state index in [-0.39, 0.29) is 6.04 Å². The number of nitrogens with one attached hydrogen (secondary N) is 1. The fraction of sp³-hybridized carbons (Fsp3) is 0.211. The molecule has 0 spiro atoms. The van der Waals surface area contributed by atoms with E-state index in [1.165, 1.54) is 6.33 Å². The summed E-state index contributed by atoms with van der Waals surface area (Å²) in [5.74, 6) is 1.04. The van der Waals surface area contributed by atoms with Gasteiger partial charge in [-0.15, -0.1) is 0 Å². The van der Waals surface area contributed by atoms with Crippen LogP contribution in [0.15, 0.2) is 54.9 Å². The Morgan fingerprint density at radius 1 is 1.11 bits per heavy atom. The summed E-state index contributed by atoms with van der Waals surface area (Å²) in [6.45, 7) is 2.69. The molecule has 1 unspecified atom stereocenters. The van der Waals surface area contributed by atoms with Gasteiger partial charge in [0.25, 0.3) is 0 Å². The third-order valence-corrected chi connectivity index (χ3v) is 4.73. The van der Waals surface area contributed by atoms with Gasteiger partial charge < -0.3 is 20.3 Å². The molecule has 1 aliphatic rings. The highest BCUT2D eigenvalue weighted by molar-refractivity contribution is 6.59. The molecule has 2 aromatic carbocycles. The summed E-state index contributed by atoms with van der Waals surface area (Å²) >= 11 is 0. The van der Waals surface area contributed by atoms with E-state index in [1.807, 2.05) is 47.4 Å². The molecule has 1 aromatic heterocycles. The summed E-state index contributed by atoms with van der Waals surface area (Å²) in [5, 5.41) is 22.5. The summed E-state index contributed by atoms with van der Waals surface area (Å²) in [4.78, 5) is 15.1. The Morgan fingerprint density at radius 3 is 2.70 bits per heavy atom. The van der Waals surface area contributed by atoms with Gasteiger partial charge in [0.1, 0.15) is 6.33 Å². The minimum Gasteiger partial charge on any atom is -0.423 e. The second-order valence-electron chi connectivity index (χ2n) is 6.59. The van der Waals surface area contributed by atoms with Gasteiger partial charge >= 0.3 is 7.12 Å². The van der Waals surface area contributed by atoms with E-state index in [2.05, 4.69) is 27.2 Å². The van der Waals surface area contributed by atoms with E-state index >= 15 is 0 Å². The highest BCUT2D eigenvalue weighted by Gasteiger charge is 2.33. The molecule has 7 nitrogen and oxygen atoms in total. The van der Waals surface area contributed by atoms with Crippen molar-refractivity contribution >= 4 is 30.2 Å². The maximum absolute atomic E-state index is 9.64. The average molecular weight is 361 g/mol. The molecule has 0 saturated carbocycles. The number of hydrogen-bond acceptors (Lipinski definition) is 7.